The molecule has 1 unspecified atom stereocenters. The highest BCUT2D eigenvalue weighted by molar-refractivity contribution is 7.88. The lowest BCUT2D eigenvalue weighted by atomic mass is 10.2. The van der Waals surface area contributed by atoms with Crippen molar-refractivity contribution in [2.45, 2.75) is 12.7 Å². The molecule has 0 fully saturated rings. The number of halogens is 1. The molecule has 0 bridgehead atoms. The third-order valence-corrected chi connectivity index (χ3v) is 4.87. The lowest BCUT2D eigenvalue weighted by Gasteiger charge is -2.19. The summed E-state index contributed by atoms with van der Waals surface area (Å²) in [7, 11) is -2.21. The maximum atomic E-state index is 12.1. The summed E-state index contributed by atoms with van der Waals surface area (Å²) in [6.45, 7) is 1.39. The van der Waals surface area contributed by atoms with Crippen molar-refractivity contribution in [2.75, 3.05) is 13.6 Å². The molecule has 0 radical (unpaired) electrons. The van der Waals surface area contributed by atoms with Crippen LogP contribution >= 0.6 is 11.6 Å². The summed E-state index contributed by atoms with van der Waals surface area (Å²) in [5, 5.41) is 9.17. The van der Waals surface area contributed by atoms with Crippen LogP contribution in [0, 0.1) is 5.92 Å². The average molecular weight is 306 g/mol. The number of hydrogen-bond donors (Lipinski definition) is 1. The topological polar surface area (TPSA) is 74.7 Å². The fourth-order valence-corrected chi connectivity index (χ4v) is 3.10. The Hall–Kier alpha value is -1.11. The summed E-state index contributed by atoms with van der Waals surface area (Å²) in [5.41, 5.74) is 0.499. The van der Waals surface area contributed by atoms with E-state index in [4.69, 9.17) is 16.7 Å². The first-order valence-electron chi connectivity index (χ1n) is 5.64. The third-order valence-electron chi connectivity index (χ3n) is 2.72. The first-order valence-corrected chi connectivity index (χ1v) is 7.63. The molecule has 0 saturated carbocycles. The smallest absolute Gasteiger partial charge is 0.307 e. The average Bonchev–Trinajstić information content (AvgIpc) is 2.31. The second kappa shape index (κ2) is 6.36. The summed E-state index contributed by atoms with van der Waals surface area (Å²) in [4.78, 5) is 10.7. The van der Waals surface area contributed by atoms with Gasteiger partial charge >= 0.3 is 5.97 Å². The number of carboxylic acid groups (broad SMARTS) is 1. The molecule has 0 amide bonds. The monoisotopic (exact) mass is 305 g/mol. The lowest BCUT2D eigenvalue weighted by molar-refractivity contribution is -0.141. The van der Waals surface area contributed by atoms with Crippen molar-refractivity contribution >= 4 is 27.6 Å². The highest BCUT2D eigenvalue weighted by atomic mass is 35.5. The number of rotatable bonds is 6. The molecule has 0 saturated heterocycles. The minimum absolute atomic E-state index is 0.0673. The van der Waals surface area contributed by atoms with Gasteiger partial charge in [-0.15, -0.1) is 0 Å². The fraction of sp³-hybridized carbons (Fsp3) is 0.417. The molecule has 0 heterocycles. The number of aliphatic carboxylic acids is 1. The second-order valence-electron chi connectivity index (χ2n) is 4.37. The molecule has 0 aliphatic rings. The van der Waals surface area contributed by atoms with E-state index in [1.54, 1.807) is 24.3 Å². The molecule has 7 heteroatoms. The lowest BCUT2D eigenvalue weighted by Crippen LogP contribution is -2.34. The normalized spacial score (nSPS) is 13.5. The molecule has 106 valence electrons. The van der Waals surface area contributed by atoms with Crippen LogP contribution in [0.25, 0.3) is 0 Å². The number of nitrogens with zero attached hydrogens (tertiary/aromatic N) is 1. The molecule has 1 aromatic rings. The summed E-state index contributed by atoms with van der Waals surface area (Å²) in [6, 6.07) is 6.67. The van der Waals surface area contributed by atoms with Crippen LogP contribution in [0.4, 0.5) is 0 Å². The SMILES string of the molecule is CC(CN(C)S(=O)(=O)Cc1ccccc1Cl)C(=O)O. The fourth-order valence-electron chi connectivity index (χ4n) is 1.50. The molecule has 1 aromatic carbocycles. The zero-order chi connectivity index (χ0) is 14.6. The van der Waals surface area contributed by atoms with E-state index < -0.39 is 21.9 Å². The summed E-state index contributed by atoms with van der Waals surface area (Å²) in [6.07, 6.45) is 0. The Morgan fingerprint density at radius 1 is 1.42 bits per heavy atom. The van der Waals surface area contributed by atoms with Crippen LogP contribution in [0.3, 0.4) is 0 Å². The van der Waals surface area contributed by atoms with Gasteiger partial charge in [0.05, 0.1) is 11.7 Å². The maximum absolute atomic E-state index is 12.1. The van der Waals surface area contributed by atoms with Crippen molar-refractivity contribution in [1.82, 2.24) is 4.31 Å². The van der Waals surface area contributed by atoms with Gasteiger partial charge in [0.1, 0.15) is 0 Å². The predicted molar refractivity (Wildman–Crippen MR) is 73.5 cm³/mol. The Morgan fingerprint density at radius 2 is 2.00 bits per heavy atom. The van der Waals surface area contributed by atoms with Crippen LogP contribution in [-0.2, 0) is 20.6 Å². The van der Waals surface area contributed by atoms with E-state index in [1.165, 1.54) is 14.0 Å². The third kappa shape index (κ3) is 4.49. The molecule has 5 nitrogen and oxygen atoms in total. The molecule has 19 heavy (non-hydrogen) atoms. The Balaban J connectivity index is 2.82. The van der Waals surface area contributed by atoms with Gasteiger partial charge in [-0.05, 0) is 11.6 Å². The summed E-state index contributed by atoms with van der Waals surface area (Å²) in [5.74, 6) is -2.03. The van der Waals surface area contributed by atoms with E-state index >= 15 is 0 Å². The van der Waals surface area contributed by atoms with E-state index in [0.29, 0.717) is 10.6 Å². The van der Waals surface area contributed by atoms with Crippen LogP contribution < -0.4 is 0 Å². The number of benzene rings is 1. The van der Waals surface area contributed by atoms with Gasteiger partial charge in [-0.3, -0.25) is 4.79 Å². The van der Waals surface area contributed by atoms with Gasteiger partial charge in [-0.25, -0.2) is 12.7 Å². The van der Waals surface area contributed by atoms with Gasteiger partial charge in [0.15, 0.2) is 0 Å². The van der Waals surface area contributed by atoms with Crippen LogP contribution in [0.1, 0.15) is 12.5 Å². The predicted octanol–water partition coefficient (Wildman–Crippen LogP) is 1.82. The highest BCUT2D eigenvalue weighted by Gasteiger charge is 2.23. The van der Waals surface area contributed by atoms with E-state index in [2.05, 4.69) is 0 Å². The maximum Gasteiger partial charge on any atom is 0.307 e. The summed E-state index contributed by atoms with van der Waals surface area (Å²) < 4.78 is 25.2. The van der Waals surface area contributed by atoms with Gasteiger partial charge in [-0.1, -0.05) is 36.7 Å². The Kier molecular flexibility index (Phi) is 5.34. The Bertz CT molecular complexity index is 559. The van der Waals surface area contributed by atoms with Crippen molar-refractivity contribution in [1.29, 1.82) is 0 Å². The largest absolute Gasteiger partial charge is 0.481 e. The molecular formula is C12H16ClNO4S. The zero-order valence-electron chi connectivity index (χ0n) is 10.7. The summed E-state index contributed by atoms with van der Waals surface area (Å²) >= 11 is 5.91. The van der Waals surface area contributed by atoms with Crippen LogP contribution in [-0.4, -0.2) is 37.4 Å². The minimum Gasteiger partial charge on any atom is -0.481 e. The van der Waals surface area contributed by atoms with Crippen molar-refractivity contribution in [3.8, 4) is 0 Å². The van der Waals surface area contributed by atoms with Crippen molar-refractivity contribution in [2.24, 2.45) is 5.92 Å². The van der Waals surface area contributed by atoms with Crippen LogP contribution in [0.2, 0.25) is 5.02 Å². The van der Waals surface area contributed by atoms with E-state index in [9.17, 15) is 13.2 Å². The molecule has 1 N–H and O–H groups in total. The standard InChI is InChI=1S/C12H16ClNO4S/c1-9(12(15)16)7-14(2)19(17,18)8-10-5-3-4-6-11(10)13/h3-6,9H,7-8H2,1-2H3,(H,15,16). The van der Waals surface area contributed by atoms with E-state index in [-0.39, 0.29) is 12.3 Å². The van der Waals surface area contributed by atoms with E-state index in [0.717, 1.165) is 4.31 Å². The van der Waals surface area contributed by atoms with Gasteiger partial charge in [0.2, 0.25) is 10.0 Å². The molecule has 0 aliphatic heterocycles. The van der Waals surface area contributed by atoms with Gasteiger partial charge in [-0.2, -0.15) is 0 Å². The number of carboxylic acids is 1. The highest BCUT2D eigenvalue weighted by Crippen LogP contribution is 2.19. The van der Waals surface area contributed by atoms with Gasteiger partial charge in [0, 0.05) is 18.6 Å². The van der Waals surface area contributed by atoms with Crippen molar-refractivity contribution in [3.63, 3.8) is 0 Å². The zero-order valence-corrected chi connectivity index (χ0v) is 12.3. The van der Waals surface area contributed by atoms with Crippen molar-refractivity contribution < 1.29 is 18.3 Å². The van der Waals surface area contributed by atoms with Crippen molar-refractivity contribution in [3.05, 3.63) is 34.9 Å². The molecule has 0 aromatic heterocycles. The molecule has 1 atom stereocenters. The first-order chi connectivity index (χ1) is 8.74. The quantitative estimate of drug-likeness (QED) is 0.870. The van der Waals surface area contributed by atoms with Crippen LogP contribution in [0.5, 0.6) is 0 Å². The molecule has 0 spiro atoms. The first kappa shape index (κ1) is 15.9. The second-order valence-corrected chi connectivity index (χ2v) is 6.85. The number of hydrogen-bond acceptors (Lipinski definition) is 3. The number of sulfonamides is 1. The molecule has 0 aliphatic carbocycles. The molecular weight excluding hydrogens is 290 g/mol. The Morgan fingerprint density at radius 3 is 2.53 bits per heavy atom. The number of carbonyl (C=O) groups is 1. The van der Waals surface area contributed by atoms with E-state index in [1.807, 2.05) is 0 Å². The van der Waals surface area contributed by atoms with Crippen LogP contribution in [0.15, 0.2) is 24.3 Å². The molecule has 1 rings (SSSR count). The minimum atomic E-state index is -3.58. The Labute approximate surface area is 117 Å². The van der Waals surface area contributed by atoms with Gasteiger partial charge in [0.25, 0.3) is 0 Å². The van der Waals surface area contributed by atoms with Gasteiger partial charge < -0.3 is 5.11 Å².